The number of rotatable bonds is 3. The number of likely N-dealkylation sites (N-methyl/N-ethyl adjacent to an activating group) is 1. The monoisotopic (exact) mass is 368 g/mol. The molecule has 2 amide bonds. The van der Waals surface area contributed by atoms with Crippen molar-refractivity contribution in [1.29, 1.82) is 0 Å². The van der Waals surface area contributed by atoms with E-state index in [1.165, 1.54) is 4.90 Å². The molecule has 1 saturated heterocycles. The van der Waals surface area contributed by atoms with Crippen LogP contribution < -0.4 is 14.8 Å². The molecule has 0 aromatic heterocycles. The number of anilines is 1. The lowest BCUT2D eigenvalue weighted by Crippen LogP contribution is -2.46. The summed E-state index contributed by atoms with van der Waals surface area (Å²) < 4.78 is 34.1. The molecule has 0 radical (unpaired) electrons. The summed E-state index contributed by atoms with van der Waals surface area (Å²) in [6, 6.07) is 4.43. The van der Waals surface area contributed by atoms with E-state index in [9.17, 15) is 18.0 Å². The van der Waals surface area contributed by atoms with Crippen molar-refractivity contribution in [1.82, 2.24) is 4.90 Å². The van der Waals surface area contributed by atoms with Gasteiger partial charge in [-0.05, 0) is 25.5 Å². The average molecular weight is 368 g/mol. The van der Waals surface area contributed by atoms with Gasteiger partial charge >= 0.3 is 11.8 Å². The van der Waals surface area contributed by atoms with Crippen LogP contribution in [0.1, 0.15) is 13.3 Å². The van der Waals surface area contributed by atoms with E-state index in [2.05, 4.69) is 5.32 Å². The lowest BCUT2D eigenvalue weighted by atomic mass is 10.2. The fourth-order valence-corrected chi connectivity index (χ4v) is 4.76. The van der Waals surface area contributed by atoms with E-state index in [4.69, 9.17) is 9.47 Å². The van der Waals surface area contributed by atoms with Gasteiger partial charge in [-0.1, -0.05) is 0 Å². The van der Waals surface area contributed by atoms with Gasteiger partial charge in [0, 0.05) is 24.3 Å². The van der Waals surface area contributed by atoms with Crippen molar-refractivity contribution < 1.29 is 27.5 Å². The molecule has 8 nitrogen and oxygen atoms in total. The lowest BCUT2D eigenvalue weighted by Gasteiger charge is -2.26. The lowest BCUT2D eigenvalue weighted by molar-refractivity contribution is -0.144. The first-order valence-corrected chi connectivity index (χ1v) is 9.94. The molecule has 1 N–H and O–H groups in total. The number of carbonyl (C=O) groups excluding carboxylic acids is 2. The number of benzene rings is 1. The van der Waals surface area contributed by atoms with E-state index in [0.29, 0.717) is 36.8 Å². The number of sulfone groups is 1. The minimum absolute atomic E-state index is 0.0469. The number of nitrogens with zero attached hydrogens (tertiary/aromatic N) is 1. The maximum Gasteiger partial charge on any atom is 0.313 e. The summed E-state index contributed by atoms with van der Waals surface area (Å²) in [6.45, 7) is 2.88. The van der Waals surface area contributed by atoms with E-state index < -0.39 is 27.7 Å². The molecule has 1 aromatic carbocycles. The number of fused-ring (bicyclic) bond motifs is 1. The smallest absolute Gasteiger partial charge is 0.313 e. The van der Waals surface area contributed by atoms with Gasteiger partial charge in [-0.3, -0.25) is 9.59 Å². The maximum atomic E-state index is 12.4. The Hall–Kier alpha value is -2.29. The normalized spacial score (nSPS) is 20.8. The third kappa shape index (κ3) is 3.87. The number of nitrogens with one attached hydrogen (secondary N) is 1. The molecule has 0 bridgehead atoms. The van der Waals surface area contributed by atoms with Crippen LogP contribution in [-0.2, 0) is 19.4 Å². The predicted octanol–water partition coefficient (Wildman–Crippen LogP) is 0.432. The SMILES string of the molecule is CCN(C(=O)C(=O)Nc1ccc2c(c1)OCCO2)C1CCS(=O)(=O)C1. The minimum Gasteiger partial charge on any atom is -0.486 e. The van der Waals surface area contributed by atoms with Crippen LogP contribution in [-0.4, -0.2) is 62.4 Å². The molecule has 3 rings (SSSR count). The molecule has 2 aliphatic heterocycles. The summed E-state index contributed by atoms with van der Waals surface area (Å²) in [4.78, 5) is 26.0. The third-order valence-electron chi connectivity index (χ3n) is 4.25. The van der Waals surface area contributed by atoms with E-state index in [1.807, 2.05) is 0 Å². The molecule has 2 aliphatic rings. The summed E-state index contributed by atoms with van der Waals surface area (Å²) in [5.41, 5.74) is 0.415. The second kappa shape index (κ2) is 6.91. The zero-order valence-corrected chi connectivity index (χ0v) is 14.7. The molecule has 0 aliphatic carbocycles. The Morgan fingerprint density at radius 3 is 2.60 bits per heavy atom. The molecule has 1 aromatic rings. The Morgan fingerprint density at radius 1 is 1.24 bits per heavy atom. The van der Waals surface area contributed by atoms with Crippen molar-refractivity contribution in [2.75, 3.05) is 36.6 Å². The van der Waals surface area contributed by atoms with Crippen LogP contribution >= 0.6 is 0 Å². The van der Waals surface area contributed by atoms with Gasteiger partial charge in [-0.15, -0.1) is 0 Å². The summed E-state index contributed by atoms with van der Waals surface area (Å²) in [6.07, 6.45) is 0.360. The van der Waals surface area contributed by atoms with E-state index in [-0.39, 0.29) is 18.1 Å². The second-order valence-electron chi connectivity index (χ2n) is 5.96. The third-order valence-corrected chi connectivity index (χ3v) is 6.00. The number of hydrogen-bond donors (Lipinski definition) is 1. The second-order valence-corrected chi connectivity index (χ2v) is 8.19. The summed E-state index contributed by atoms with van der Waals surface area (Å²) in [5.74, 6) is -0.496. The Labute approximate surface area is 146 Å². The van der Waals surface area contributed by atoms with Crippen LogP contribution in [0.5, 0.6) is 11.5 Å². The van der Waals surface area contributed by atoms with Crippen LogP contribution in [0.15, 0.2) is 18.2 Å². The van der Waals surface area contributed by atoms with Crippen molar-refractivity contribution in [3.05, 3.63) is 18.2 Å². The molecule has 0 spiro atoms. The number of amides is 2. The summed E-state index contributed by atoms with van der Waals surface area (Å²) >= 11 is 0. The molecule has 1 unspecified atom stereocenters. The van der Waals surface area contributed by atoms with Crippen LogP contribution in [0, 0.1) is 0 Å². The largest absolute Gasteiger partial charge is 0.486 e. The molecule has 136 valence electrons. The summed E-state index contributed by atoms with van der Waals surface area (Å²) in [5, 5.41) is 2.54. The summed E-state index contributed by atoms with van der Waals surface area (Å²) in [7, 11) is -3.13. The van der Waals surface area contributed by atoms with Crippen molar-refractivity contribution in [3.8, 4) is 11.5 Å². The number of carbonyl (C=O) groups is 2. The highest BCUT2D eigenvalue weighted by Crippen LogP contribution is 2.32. The molecule has 1 fully saturated rings. The van der Waals surface area contributed by atoms with E-state index in [0.717, 1.165) is 0 Å². The average Bonchev–Trinajstić information content (AvgIpc) is 2.95. The molecule has 25 heavy (non-hydrogen) atoms. The number of ether oxygens (including phenoxy) is 2. The van der Waals surface area contributed by atoms with Crippen LogP contribution in [0.2, 0.25) is 0 Å². The maximum absolute atomic E-state index is 12.4. The van der Waals surface area contributed by atoms with Gasteiger partial charge in [0.15, 0.2) is 21.3 Å². The Balaban J connectivity index is 1.68. The Kier molecular flexibility index (Phi) is 4.85. The van der Waals surface area contributed by atoms with Gasteiger partial charge < -0.3 is 19.7 Å². The zero-order valence-electron chi connectivity index (χ0n) is 13.9. The van der Waals surface area contributed by atoms with Crippen LogP contribution in [0.25, 0.3) is 0 Å². The standard InChI is InChI=1S/C16H20N2O6S/c1-2-18(12-5-8-25(21,22)10-12)16(20)15(19)17-11-3-4-13-14(9-11)24-7-6-23-13/h3-4,9,12H,2,5-8,10H2,1H3,(H,17,19). The highest BCUT2D eigenvalue weighted by atomic mass is 32.2. The van der Waals surface area contributed by atoms with Crippen molar-refractivity contribution in [2.45, 2.75) is 19.4 Å². The minimum atomic E-state index is -3.13. The van der Waals surface area contributed by atoms with Gasteiger partial charge in [0.25, 0.3) is 0 Å². The first kappa shape index (κ1) is 17.5. The molecular weight excluding hydrogens is 348 g/mol. The molecule has 2 heterocycles. The predicted molar refractivity (Wildman–Crippen MR) is 90.5 cm³/mol. The van der Waals surface area contributed by atoms with E-state index in [1.54, 1.807) is 25.1 Å². The quantitative estimate of drug-likeness (QED) is 0.777. The molecule has 0 saturated carbocycles. The Bertz CT molecular complexity index is 792. The molecule has 9 heteroatoms. The zero-order chi connectivity index (χ0) is 18.0. The first-order chi connectivity index (χ1) is 11.9. The molecule has 1 atom stereocenters. The van der Waals surface area contributed by atoms with Crippen LogP contribution in [0.4, 0.5) is 5.69 Å². The van der Waals surface area contributed by atoms with Crippen LogP contribution in [0.3, 0.4) is 0 Å². The van der Waals surface area contributed by atoms with Gasteiger partial charge in [0.2, 0.25) is 0 Å². The van der Waals surface area contributed by atoms with Crippen molar-refractivity contribution >= 4 is 27.3 Å². The fourth-order valence-electron chi connectivity index (χ4n) is 3.02. The highest BCUT2D eigenvalue weighted by Gasteiger charge is 2.36. The number of hydrogen-bond acceptors (Lipinski definition) is 6. The fraction of sp³-hybridized carbons (Fsp3) is 0.500. The van der Waals surface area contributed by atoms with Gasteiger partial charge in [0.05, 0.1) is 11.5 Å². The van der Waals surface area contributed by atoms with Gasteiger partial charge in [0.1, 0.15) is 13.2 Å². The van der Waals surface area contributed by atoms with Gasteiger partial charge in [-0.25, -0.2) is 8.42 Å². The van der Waals surface area contributed by atoms with E-state index >= 15 is 0 Å². The topological polar surface area (TPSA) is 102 Å². The molecular formula is C16H20N2O6S. The van der Waals surface area contributed by atoms with Crippen molar-refractivity contribution in [3.63, 3.8) is 0 Å². The van der Waals surface area contributed by atoms with Crippen molar-refractivity contribution in [2.24, 2.45) is 0 Å². The van der Waals surface area contributed by atoms with Gasteiger partial charge in [-0.2, -0.15) is 0 Å². The Morgan fingerprint density at radius 2 is 1.96 bits per heavy atom. The highest BCUT2D eigenvalue weighted by molar-refractivity contribution is 7.91. The first-order valence-electron chi connectivity index (χ1n) is 8.11.